The van der Waals surface area contributed by atoms with Crippen molar-refractivity contribution in [1.82, 2.24) is 4.90 Å². The fraction of sp³-hybridized carbons (Fsp3) is 0.500. The Morgan fingerprint density at radius 3 is 2.72 bits per heavy atom. The second-order valence-electron chi connectivity index (χ2n) is 3.59. The number of alkyl halides is 3. The minimum Gasteiger partial charge on any atom is -0.362 e. The lowest BCUT2D eigenvalue weighted by atomic mass is 10.4. The summed E-state index contributed by atoms with van der Waals surface area (Å²) in [5.74, 6) is -0.483. The maximum Gasteiger partial charge on any atom is 0.411 e. The number of amides is 1. The van der Waals surface area contributed by atoms with Gasteiger partial charge < -0.3 is 9.64 Å². The number of hydrogen-bond acceptors (Lipinski definition) is 3. The molecule has 0 unspecified atom stereocenters. The van der Waals surface area contributed by atoms with Gasteiger partial charge in [-0.1, -0.05) is 0 Å². The molecule has 0 bridgehead atoms. The van der Waals surface area contributed by atoms with Crippen LogP contribution in [-0.2, 0) is 16.1 Å². The number of carbonyl (C=O) groups is 1. The number of hydrogen-bond donors (Lipinski definition) is 0. The van der Waals surface area contributed by atoms with Crippen LogP contribution in [0.1, 0.15) is 4.88 Å². The molecule has 0 N–H and O–H groups in total. The number of rotatable bonds is 5. The average Bonchev–Trinajstić information content (AvgIpc) is 2.61. The molecular formula is C10H11BrF3NO2S. The van der Waals surface area contributed by atoms with E-state index in [0.29, 0.717) is 6.54 Å². The first-order chi connectivity index (χ1) is 8.28. The topological polar surface area (TPSA) is 29.5 Å². The van der Waals surface area contributed by atoms with Crippen molar-refractivity contribution >= 4 is 33.2 Å². The van der Waals surface area contributed by atoms with E-state index >= 15 is 0 Å². The molecule has 0 aliphatic rings. The summed E-state index contributed by atoms with van der Waals surface area (Å²) in [5, 5.41) is 1.87. The van der Waals surface area contributed by atoms with Crippen LogP contribution in [0, 0.1) is 0 Å². The summed E-state index contributed by atoms with van der Waals surface area (Å²) in [5.41, 5.74) is 0. The van der Waals surface area contributed by atoms with Crippen LogP contribution in [0.2, 0.25) is 0 Å². The minimum atomic E-state index is -4.41. The van der Waals surface area contributed by atoms with Crippen molar-refractivity contribution < 1.29 is 22.7 Å². The largest absolute Gasteiger partial charge is 0.411 e. The van der Waals surface area contributed by atoms with Crippen LogP contribution in [-0.4, -0.2) is 37.2 Å². The van der Waals surface area contributed by atoms with E-state index in [0.717, 1.165) is 9.35 Å². The lowest BCUT2D eigenvalue weighted by Gasteiger charge is -2.16. The standard InChI is InChI=1S/C10H11BrF3NO2S/c1-15(3-8-2-7(11)5-18-8)9(16)4-17-6-10(12,13)14/h2,5H,3-4,6H2,1H3. The van der Waals surface area contributed by atoms with Crippen molar-refractivity contribution in [3.8, 4) is 0 Å². The molecule has 0 aliphatic carbocycles. The second kappa shape index (κ2) is 6.53. The Hall–Kier alpha value is -0.600. The van der Waals surface area contributed by atoms with Gasteiger partial charge in [0, 0.05) is 21.8 Å². The van der Waals surface area contributed by atoms with Gasteiger partial charge >= 0.3 is 6.18 Å². The molecule has 1 aromatic rings. The van der Waals surface area contributed by atoms with E-state index in [2.05, 4.69) is 20.7 Å². The Bertz CT molecular complexity index is 408. The lowest BCUT2D eigenvalue weighted by Crippen LogP contribution is -2.31. The highest BCUT2D eigenvalue weighted by atomic mass is 79.9. The summed E-state index contributed by atoms with van der Waals surface area (Å²) in [6.45, 7) is -1.62. The Balaban J connectivity index is 2.33. The molecule has 0 spiro atoms. The quantitative estimate of drug-likeness (QED) is 0.820. The molecule has 102 valence electrons. The van der Waals surface area contributed by atoms with Gasteiger partial charge in [-0.15, -0.1) is 11.3 Å². The van der Waals surface area contributed by atoms with Crippen LogP contribution < -0.4 is 0 Å². The predicted octanol–water partition coefficient (Wildman–Crippen LogP) is 3.05. The third-order valence-electron chi connectivity index (χ3n) is 1.93. The Morgan fingerprint density at radius 2 is 2.22 bits per heavy atom. The molecule has 8 heteroatoms. The molecule has 0 aliphatic heterocycles. The van der Waals surface area contributed by atoms with E-state index in [4.69, 9.17) is 0 Å². The Labute approximate surface area is 115 Å². The van der Waals surface area contributed by atoms with Crippen LogP contribution >= 0.6 is 27.3 Å². The minimum absolute atomic E-state index is 0.352. The smallest absolute Gasteiger partial charge is 0.362 e. The van der Waals surface area contributed by atoms with Crippen molar-refractivity contribution in [2.75, 3.05) is 20.3 Å². The first kappa shape index (κ1) is 15.5. The van der Waals surface area contributed by atoms with E-state index < -0.39 is 25.3 Å². The van der Waals surface area contributed by atoms with Gasteiger partial charge in [-0.05, 0) is 22.0 Å². The maximum atomic E-state index is 11.8. The number of likely N-dealkylation sites (N-methyl/N-ethyl adjacent to an activating group) is 1. The van der Waals surface area contributed by atoms with Gasteiger partial charge in [0.2, 0.25) is 5.91 Å². The predicted molar refractivity (Wildman–Crippen MR) is 65.4 cm³/mol. The van der Waals surface area contributed by atoms with Crippen molar-refractivity contribution in [2.45, 2.75) is 12.7 Å². The summed E-state index contributed by atoms with van der Waals surface area (Å²) < 4.78 is 40.6. The van der Waals surface area contributed by atoms with Crippen LogP contribution in [0.15, 0.2) is 15.9 Å². The van der Waals surface area contributed by atoms with Gasteiger partial charge in [0.05, 0.1) is 6.54 Å². The van der Waals surface area contributed by atoms with Gasteiger partial charge in [0.1, 0.15) is 13.2 Å². The van der Waals surface area contributed by atoms with Crippen molar-refractivity contribution in [1.29, 1.82) is 0 Å². The number of ether oxygens (including phenoxy) is 1. The van der Waals surface area contributed by atoms with Crippen LogP contribution in [0.4, 0.5) is 13.2 Å². The highest BCUT2D eigenvalue weighted by Crippen LogP contribution is 2.21. The van der Waals surface area contributed by atoms with Gasteiger partial charge in [-0.2, -0.15) is 13.2 Å². The van der Waals surface area contributed by atoms with Crippen LogP contribution in [0.25, 0.3) is 0 Å². The molecule has 0 saturated heterocycles. The molecule has 3 nitrogen and oxygen atoms in total. The summed E-state index contributed by atoms with van der Waals surface area (Å²) in [6.07, 6.45) is -4.41. The monoisotopic (exact) mass is 345 g/mol. The third-order valence-corrected chi connectivity index (χ3v) is 3.61. The van der Waals surface area contributed by atoms with Crippen LogP contribution in [0.5, 0.6) is 0 Å². The van der Waals surface area contributed by atoms with Gasteiger partial charge in [0.15, 0.2) is 0 Å². The summed E-state index contributed by atoms with van der Waals surface area (Å²) in [7, 11) is 1.52. The molecule has 1 heterocycles. The first-order valence-corrected chi connectivity index (χ1v) is 6.56. The normalized spacial score (nSPS) is 11.6. The van der Waals surface area contributed by atoms with Gasteiger partial charge in [0.25, 0.3) is 0 Å². The SMILES string of the molecule is CN(Cc1cc(Br)cs1)C(=O)COCC(F)(F)F. The summed E-state index contributed by atoms with van der Waals surface area (Å²) in [6, 6.07) is 1.85. The van der Waals surface area contributed by atoms with E-state index in [1.807, 2.05) is 11.4 Å². The number of nitrogens with zero attached hydrogens (tertiary/aromatic N) is 1. The lowest BCUT2D eigenvalue weighted by molar-refractivity contribution is -0.177. The van der Waals surface area contributed by atoms with E-state index in [-0.39, 0.29) is 0 Å². The van der Waals surface area contributed by atoms with E-state index in [9.17, 15) is 18.0 Å². The molecule has 1 aromatic heterocycles. The highest BCUT2D eigenvalue weighted by Gasteiger charge is 2.28. The molecular weight excluding hydrogens is 335 g/mol. The molecule has 1 amide bonds. The van der Waals surface area contributed by atoms with E-state index in [1.165, 1.54) is 23.3 Å². The molecule has 0 atom stereocenters. The fourth-order valence-electron chi connectivity index (χ4n) is 1.12. The number of carbonyl (C=O) groups excluding carboxylic acids is 1. The molecule has 0 radical (unpaired) electrons. The number of thiophene rings is 1. The van der Waals surface area contributed by atoms with Crippen molar-refractivity contribution in [3.63, 3.8) is 0 Å². The van der Waals surface area contributed by atoms with E-state index in [1.54, 1.807) is 0 Å². The Kier molecular flexibility index (Phi) is 5.61. The van der Waals surface area contributed by atoms with Gasteiger partial charge in [-0.3, -0.25) is 4.79 Å². The Morgan fingerprint density at radius 1 is 1.56 bits per heavy atom. The third kappa shape index (κ3) is 5.83. The number of halogens is 4. The average molecular weight is 346 g/mol. The molecule has 0 aromatic carbocycles. The van der Waals surface area contributed by atoms with Gasteiger partial charge in [-0.25, -0.2) is 0 Å². The van der Waals surface area contributed by atoms with Crippen molar-refractivity contribution in [2.24, 2.45) is 0 Å². The first-order valence-electron chi connectivity index (χ1n) is 4.89. The molecule has 0 fully saturated rings. The van der Waals surface area contributed by atoms with Crippen molar-refractivity contribution in [3.05, 3.63) is 20.8 Å². The summed E-state index contributed by atoms with van der Waals surface area (Å²) in [4.78, 5) is 13.7. The van der Waals surface area contributed by atoms with Crippen LogP contribution in [0.3, 0.4) is 0 Å². The fourth-order valence-corrected chi connectivity index (χ4v) is 2.63. The highest BCUT2D eigenvalue weighted by molar-refractivity contribution is 9.10. The second-order valence-corrected chi connectivity index (χ2v) is 5.50. The zero-order valence-electron chi connectivity index (χ0n) is 9.46. The summed E-state index contributed by atoms with van der Waals surface area (Å²) >= 11 is 4.74. The zero-order valence-corrected chi connectivity index (χ0v) is 11.9. The molecule has 18 heavy (non-hydrogen) atoms. The molecule has 1 rings (SSSR count). The zero-order chi connectivity index (χ0) is 13.8. The maximum absolute atomic E-state index is 11.8. The molecule has 0 saturated carbocycles.